The van der Waals surface area contributed by atoms with Crippen molar-refractivity contribution in [1.82, 2.24) is 19.8 Å². The number of rotatable bonds is 12. The molecule has 0 bridgehead atoms. The van der Waals surface area contributed by atoms with Crippen LogP contribution in [0.25, 0.3) is 0 Å². The summed E-state index contributed by atoms with van der Waals surface area (Å²) < 4.78 is 0. The largest absolute Gasteiger partial charge is 0.396 e. The Balaban J connectivity index is 2.56. The second-order valence-corrected chi connectivity index (χ2v) is 6.36. The Kier molecular flexibility index (Phi) is 9.92. The normalized spacial score (nSPS) is 12.1. The molecule has 0 aliphatic rings. The van der Waals surface area contributed by atoms with Crippen LogP contribution in [0, 0.1) is 11.8 Å². The van der Waals surface area contributed by atoms with Gasteiger partial charge in [-0.3, -0.25) is 9.97 Å². The van der Waals surface area contributed by atoms with Crippen molar-refractivity contribution in [1.29, 1.82) is 0 Å². The standard InChI is InChI=1S/C16H30N4O4/c1-19(5-13(9-21)10-22)7-15-3-17-4-16(18-15)8-20(2)6-14(11-23)12-24/h3-4,13-14,21-24H,5-12H2,1-2H3. The summed E-state index contributed by atoms with van der Waals surface area (Å²) in [5.74, 6) is -0.322. The van der Waals surface area contributed by atoms with Gasteiger partial charge < -0.3 is 30.2 Å². The molecule has 8 nitrogen and oxygen atoms in total. The molecule has 1 rings (SSSR count). The van der Waals surface area contributed by atoms with Gasteiger partial charge >= 0.3 is 0 Å². The van der Waals surface area contributed by atoms with Gasteiger partial charge in [0.2, 0.25) is 0 Å². The van der Waals surface area contributed by atoms with Gasteiger partial charge in [-0.1, -0.05) is 0 Å². The van der Waals surface area contributed by atoms with Crippen LogP contribution in [0.4, 0.5) is 0 Å². The summed E-state index contributed by atoms with van der Waals surface area (Å²) in [6, 6.07) is 0. The van der Waals surface area contributed by atoms with E-state index in [1.165, 1.54) is 0 Å². The summed E-state index contributed by atoms with van der Waals surface area (Å²) in [6.45, 7) is 2.12. The van der Waals surface area contributed by atoms with E-state index in [0.717, 1.165) is 11.4 Å². The van der Waals surface area contributed by atoms with Crippen molar-refractivity contribution in [2.24, 2.45) is 11.8 Å². The van der Waals surface area contributed by atoms with E-state index >= 15 is 0 Å². The third-order valence-electron chi connectivity index (χ3n) is 3.77. The lowest BCUT2D eigenvalue weighted by atomic mass is 10.1. The molecule has 0 spiro atoms. The number of hydrogen-bond donors (Lipinski definition) is 4. The second-order valence-electron chi connectivity index (χ2n) is 6.36. The van der Waals surface area contributed by atoms with Crippen LogP contribution >= 0.6 is 0 Å². The van der Waals surface area contributed by atoms with E-state index in [4.69, 9.17) is 20.4 Å². The zero-order valence-electron chi connectivity index (χ0n) is 14.5. The lowest BCUT2D eigenvalue weighted by Crippen LogP contribution is -2.30. The van der Waals surface area contributed by atoms with E-state index in [2.05, 4.69) is 9.97 Å². The van der Waals surface area contributed by atoms with Crippen molar-refractivity contribution in [3.05, 3.63) is 23.8 Å². The summed E-state index contributed by atoms with van der Waals surface area (Å²) in [6.07, 6.45) is 3.41. The van der Waals surface area contributed by atoms with Crippen molar-refractivity contribution in [3.8, 4) is 0 Å². The molecular weight excluding hydrogens is 312 g/mol. The lowest BCUT2D eigenvalue weighted by molar-refractivity contribution is 0.115. The molecule has 4 N–H and O–H groups in total. The SMILES string of the molecule is CN(Cc1cncc(CN(C)CC(CO)CO)n1)CC(CO)CO. The molecule has 1 aromatic rings. The Morgan fingerprint density at radius 2 is 1.17 bits per heavy atom. The molecule has 0 aliphatic heterocycles. The van der Waals surface area contributed by atoms with Gasteiger partial charge in [0.05, 0.1) is 11.4 Å². The maximum atomic E-state index is 9.14. The quantitative estimate of drug-likeness (QED) is 0.365. The van der Waals surface area contributed by atoms with E-state index < -0.39 is 0 Å². The predicted octanol–water partition coefficient (Wildman–Crippen LogP) is -1.46. The first-order chi connectivity index (χ1) is 11.5. The van der Waals surface area contributed by atoms with Crippen molar-refractivity contribution >= 4 is 0 Å². The highest BCUT2D eigenvalue weighted by Gasteiger charge is 2.13. The molecule has 0 aromatic carbocycles. The van der Waals surface area contributed by atoms with Gasteiger partial charge in [-0.25, -0.2) is 0 Å². The van der Waals surface area contributed by atoms with Crippen LogP contribution in [-0.2, 0) is 13.1 Å². The first-order valence-electron chi connectivity index (χ1n) is 8.12. The molecule has 0 atom stereocenters. The minimum atomic E-state index is -0.161. The molecule has 24 heavy (non-hydrogen) atoms. The fraction of sp³-hybridized carbons (Fsp3) is 0.750. The molecule has 0 saturated carbocycles. The van der Waals surface area contributed by atoms with Crippen molar-refractivity contribution in [3.63, 3.8) is 0 Å². The fourth-order valence-electron chi connectivity index (χ4n) is 2.51. The van der Waals surface area contributed by atoms with Crippen LogP contribution in [0.1, 0.15) is 11.4 Å². The minimum absolute atomic E-state index is 0.0474. The van der Waals surface area contributed by atoms with Gasteiger partial charge in [-0.2, -0.15) is 0 Å². The average molecular weight is 342 g/mol. The number of aromatic nitrogens is 2. The maximum Gasteiger partial charge on any atom is 0.0730 e. The molecule has 0 radical (unpaired) electrons. The first-order valence-corrected chi connectivity index (χ1v) is 8.12. The smallest absolute Gasteiger partial charge is 0.0730 e. The van der Waals surface area contributed by atoms with E-state index in [9.17, 15) is 0 Å². The fourth-order valence-corrected chi connectivity index (χ4v) is 2.51. The van der Waals surface area contributed by atoms with Gasteiger partial charge in [0.15, 0.2) is 0 Å². The van der Waals surface area contributed by atoms with Gasteiger partial charge in [-0.05, 0) is 14.1 Å². The number of aliphatic hydroxyl groups excluding tert-OH is 4. The van der Waals surface area contributed by atoms with Crippen LogP contribution in [0.2, 0.25) is 0 Å². The highest BCUT2D eigenvalue weighted by molar-refractivity contribution is 5.03. The molecule has 138 valence electrons. The molecule has 1 aromatic heterocycles. The molecule has 0 amide bonds. The Labute approximate surface area is 143 Å². The molecular formula is C16H30N4O4. The molecule has 1 heterocycles. The summed E-state index contributed by atoms with van der Waals surface area (Å²) in [5, 5.41) is 36.6. The number of nitrogens with zero attached hydrogens (tertiary/aromatic N) is 4. The van der Waals surface area contributed by atoms with Crippen LogP contribution in [-0.4, -0.2) is 93.8 Å². The van der Waals surface area contributed by atoms with E-state index in [0.29, 0.717) is 26.2 Å². The highest BCUT2D eigenvalue weighted by atomic mass is 16.3. The van der Waals surface area contributed by atoms with Crippen LogP contribution in [0.15, 0.2) is 12.4 Å². The van der Waals surface area contributed by atoms with Crippen LogP contribution in [0.5, 0.6) is 0 Å². The summed E-state index contributed by atoms with van der Waals surface area (Å²) in [5.41, 5.74) is 1.64. The highest BCUT2D eigenvalue weighted by Crippen LogP contribution is 2.06. The lowest BCUT2D eigenvalue weighted by Gasteiger charge is -2.22. The summed E-state index contributed by atoms with van der Waals surface area (Å²) >= 11 is 0. The van der Waals surface area contributed by atoms with Gasteiger partial charge in [0, 0.05) is 76.8 Å². The zero-order chi connectivity index (χ0) is 17.9. The Hall–Kier alpha value is -1.16. The van der Waals surface area contributed by atoms with Crippen molar-refractivity contribution in [2.45, 2.75) is 13.1 Å². The predicted molar refractivity (Wildman–Crippen MR) is 90.0 cm³/mol. The third kappa shape index (κ3) is 7.61. The second kappa shape index (κ2) is 11.4. The topological polar surface area (TPSA) is 113 Å². The molecule has 0 unspecified atom stereocenters. The van der Waals surface area contributed by atoms with Crippen LogP contribution < -0.4 is 0 Å². The molecule has 0 aliphatic carbocycles. The Morgan fingerprint density at radius 3 is 1.50 bits per heavy atom. The van der Waals surface area contributed by atoms with Crippen molar-refractivity contribution in [2.75, 3.05) is 53.6 Å². The van der Waals surface area contributed by atoms with E-state index in [-0.39, 0.29) is 38.3 Å². The maximum absolute atomic E-state index is 9.14. The minimum Gasteiger partial charge on any atom is -0.396 e. The van der Waals surface area contributed by atoms with E-state index in [1.54, 1.807) is 12.4 Å². The van der Waals surface area contributed by atoms with Gasteiger partial charge in [0.25, 0.3) is 0 Å². The monoisotopic (exact) mass is 342 g/mol. The number of aliphatic hydroxyl groups is 4. The zero-order valence-corrected chi connectivity index (χ0v) is 14.5. The Morgan fingerprint density at radius 1 is 0.792 bits per heavy atom. The van der Waals surface area contributed by atoms with E-state index in [1.807, 2.05) is 23.9 Å². The van der Waals surface area contributed by atoms with Crippen molar-refractivity contribution < 1.29 is 20.4 Å². The molecule has 8 heteroatoms. The first kappa shape index (κ1) is 20.9. The average Bonchev–Trinajstić information content (AvgIpc) is 2.57. The van der Waals surface area contributed by atoms with Gasteiger partial charge in [0.1, 0.15) is 0 Å². The molecule has 0 fully saturated rings. The summed E-state index contributed by atoms with van der Waals surface area (Å²) in [4.78, 5) is 12.8. The number of hydrogen-bond acceptors (Lipinski definition) is 8. The Bertz CT molecular complexity index is 418. The molecule has 0 saturated heterocycles. The third-order valence-corrected chi connectivity index (χ3v) is 3.77. The van der Waals surface area contributed by atoms with Crippen LogP contribution in [0.3, 0.4) is 0 Å². The van der Waals surface area contributed by atoms with Gasteiger partial charge in [-0.15, -0.1) is 0 Å². The summed E-state index contributed by atoms with van der Waals surface area (Å²) in [7, 11) is 3.82.